The Morgan fingerprint density at radius 3 is 2.56 bits per heavy atom. The number of aliphatic hydroxyl groups is 1. The van der Waals surface area contributed by atoms with Gasteiger partial charge in [-0.25, -0.2) is 4.79 Å². The summed E-state index contributed by atoms with van der Waals surface area (Å²) >= 11 is 0. The van der Waals surface area contributed by atoms with E-state index in [1.165, 1.54) is 12.1 Å². The Bertz CT molecular complexity index is 722. The lowest BCUT2D eigenvalue weighted by Gasteiger charge is -2.14. The maximum Gasteiger partial charge on any atom is 0.416 e. The fourth-order valence-electron chi connectivity index (χ4n) is 2.29. The first-order chi connectivity index (χ1) is 12.9. The van der Waals surface area contributed by atoms with Crippen LogP contribution in [0, 0.1) is 0 Å². The molecule has 0 spiro atoms. The molecule has 0 heterocycles. The summed E-state index contributed by atoms with van der Waals surface area (Å²) in [6, 6.07) is 13.6. The molecule has 1 atom stereocenters. The molecule has 2 N–H and O–H groups in total. The van der Waals surface area contributed by atoms with Crippen LogP contribution in [0.25, 0.3) is 0 Å². The monoisotopic (exact) mass is 383 g/mol. The third kappa shape index (κ3) is 7.38. The molecule has 146 valence electrons. The maximum atomic E-state index is 12.7. The van der Waals surface area contributed by atoms with E-state index in [0.29, 0.717) is 0 Å². The summed E-state index contributed by atoms with van der Waals surface area (Å²) < 4.78 is 38.0. The summed E-state index contributed by atoms with van der Waals surface area (Å²) in [4.78, 5) is 21.0. The lowest BCUT2D eigenvalue weighted by Crippen LogP contribution is -2.26. The summed E-state index contributed by atoms with van der Waals surface area (Å²) in [6.07, 6.45) is -5.48. The molecule has 2 rings (SSSR count). The number of benzene rings is 2. The highest BCUT2D eigenvalue weighted by Crippen LogP contribution is 2.30. The number of alkyl halides is 3. The van der Waals surface area contributed by atoms with Gasteiger partial charge in [0.15, 0.2) is 0 Å². The van der Waals surface area contributed by atoms with Crippen LogP contribution in [0.1, 0.15) is 22.8 Å². The van der Waals surface area contributed by atoms with Gasteiger partial charge in [-0.15, -0.1) is 0 Å². The van der Waals surface area contributed by atoms with Crippen molar-refractivity contribution in [1.29, 1.82) is 0 Å². The zero-order valence-electron chi connectivity index (χ0n) is 14.4. The van der Waals surface area contributed by atoms with Crippen molar-refractivity contribution >= 4 is 5.97 Å². The van der Waals surface area contributed by atoms with Crippen LogP contribution in [-0.4, -0.2) is 30.8 Å². The third-order valence-electron chi connectivity index (χ3n) is 3.64. The van der Waals surface area contributed by atoms with Crippen molar-refractivity contribution in [3.8, 4) is 0 Å². The van der Waals surface area contributed by atoms with Crippen molar-refractivity contribution in [1.82, 2.24) is 5.32 Å². The van der Waals surface area contributed by atoms with E-state index in [4.69, 9.17) is 4.89 Å². The average molecular weight is 383 g/mol. The number of hydrogen-bond donors (Lipinski definition) is 2. The van der Waals surface area contributed by atoms with Crippen molar-refractivity contribution < 1.29 is 32.8 Å². The number of carbonyl (C=O) groups is 1. The van der Waals surface area contributed by atoms with E-state index in [0.717, 1.165) is 17.7 Å². The third-order valence-corrected chi connectivity index (χ3v) is 3.64. The quantitative estimate of drug-likeness (QED) is 0.396. The zero-order chi connectivity index (χ0) is 19.7. The molecule has 0 amide bonds. The molecule has 0 aliphatic rings. The van der Waals surface area contributed by atoms with E-state index in [1.54, 1.807) is 12.1 Å². The van der Waals surface area contributed by atoms with Gasteiger partial charge in [-0.1, -0.05) is 42.5 Å². The van der Waals surface area contributed by atoms with Gasteiger partial charge in [-0.05, 0) is 23.3 Å². The number of halogens is 3. The van der Waals surface area contributed by atoms with Gasteiger partial charge in [0.2, 0.25) is 0 Å². The van der Waals surface area contributed by atoms with E-state index in [-0.39, 0.29) is 31.7 Å². The molecule has 0 aliphatic heterocycles. The van der Waals surface area contributed by atoms with E-state index in [2.05, 4.69) is 10.2 Å². The molecular formula is C19H20F3NO4. The molecular weight excluding hydrogens is 363 g/mol. The van der Waals surface area contributed by atoms with Crippen LogP contribution in [0.4, 0.5) is 13.2 Å². The summed E-state index contributed by atoms with van der Waals surface area (Å²) in [5.74, 6) is -0.537. The second-order valence-corrected chi connectivity index (χ2v) is 5.78. The molecule has 8 heteroatoms. The topological polar surface area (TPSA) is 67.8 Å². The molecule has 5 nitrogen and oxygen atoms in total. The van der Waals surface area contributed by atoms with Gasteiger partial charge >= 0.3 is 12.1 Å². The second-order valence-electron chi connectivity index (χ2n) is 5.78. The van der Waals surface area contributed by atoms with Gasteiger partial charge in [-0.2, -0.15) is 18.1 Å². The molecule has 0 fully saturated rings. The largest absolute Gasteiger partial charge is 0.416 e. The van der Waals surface area contributed by atoms with Gasteiger partial charge in [0, 0.05) is 13.1 Å². The summed E-state index contributed by atoms with van der Waals surface area (Å²) in [7, 11) is 0. The highest BCUT2D eigenvalue weighted by Gasteiger charge is 2.30. The van der Waals surface area contributed by atoms with Crippen LogP contribution >= 0.6 is 0 Å². The molecule has 0 aliphatic carbocycles. The van der Waals surface area contributed by atoms with Crippen molar-refractivity contribution in [2.45, 2.75) is 18.7 Å². The van der Waals surface area contributed by atoms with Crippen molar-refractivity contribution in [2.75, 3.05) is 19.7 Å². The predicted octanol–water partition coefficient (Wildman–Crippen LogP) is 3.05. The fraction of sp³-hybridized carbons (Fsp3) is 0.316. The predicted molar refractivity (Wildman–Crippen MR) is 91.5 cm³/mol. The minimum atomic E-state index is -4.46. The SMILES string of the molecule is O=C(Cc1ccccc1)OOCCNCC(O)c1cccc(C(F)(F)F)c1. The first-order valence-corrected chi connectivity index (χ1v) is 8.28. The summed E-state index contributed by atoms with van der Waals surface area (Å²) in [5, 5.41) is 12.8. The Kier molecular flexibility index (Phi) is 7.78. The second kappa shape index (κ2) is 10.1. The first-order valence-electron chi connectivity index (χ1n) is 8.28. The van der Waals surface area contributed by atoms with Crippen LogP contribution in [-0.2, 0) is 27.2 Å². The van der Waals surface area contributed by atoms with Crippen LogP contribution < -0.4 is 5.32 Å². The zero-order valence-corrected chi connectivity index (χ0v) is 14.4. The Labute approximate surface area is 154 Å². The van der Waals surface area contributed by atoms with Gasteiger partial charge in [0.25, 0.3) is 0 Å². The van der Waals surface area contributed by atoms with E-state index >= 15 is 0 Å². The molecule has 0 saturated heterocycles. The average Bonchev–Trinajstić information content (AvgIpc) is 2.64. The number of nitrogens with one attached hydrogen (secondary N) is 1. The van der Waals surface area contributed by atoms with Crippen LogP contribution in [0.2, 0.25) is 0 Å². The van der Waals surface area contributed by atoms with Crippen LogP contribution in [0.15, 0.2) is 54.6 Å². The maximum absolute atomic E-state index is 12.7. The lowest BCUT2D eigenvalue weighted by atomic mass is 10.1. The van der Waals surface area contributed by atoms with Gasteiger partial charge in [-0.3, -0.25) is 4.89 Å². The van der Waals surface area contributed by atoms with Crippen molar-refractivity contribution in [2.24, 2.45) is 0 Å². The highest BCUT2D eigenvalue weighted by molar-refractivity contribution is 5.71. The molecule has 0 aromatic heterocycles. The summed E-state index contributed by atoms with van der Waals surface area (Å²) in [5.41, 5.74) is 0.147. The van der Waals surface area contributed by atoms with Crippen molar-refractivity contribution in [3.63, 3.8) is 0 Å². The van der Waals surface area contributed by atoms with E-state index in [1.807, 2.05) is 18.2 Å². The molecule has 27 heavy (non-hydrogen) atoms. The van der Waals surface area contributed by atoms with Crippen LogP contribution in [0.5, 0.6) is 0 Å². The fourth-order valence-corrected chi connectivity index (χ4v) is 2.29. The highest BCUT2D eigenvalue weighted by atomic mass is 19.4. The number of hydrogen-bond acceptors (Lipinski definition) is 5. The first kappa shape index (κ1) is 20.9. The lowest BCUT2D eigenvalue weighted by molar-refractivity contribution is -0.270. The number of carbonyl (C=O) groups excluding carboxylic acids is 1. The normalized spacial score (nSPS) is 12.6. The minimum Gasteiger partial charge on any atom is -0.387 e. The number of aliphatic hydroxyl groups excluding tert-OH is 1. The summed E-state index contributed by atoms with van der Waals surface area (Å²) in [6.45, 7) is 0.313. The number of rotatable bonds is 9. The molecule has 1 unspecified atom stereocenters. The van der Waals surface area contributed by atoms with Gasteiger partial charge in [0.1, 0.15) is 6.61 Å². The van der Waals surface area contributed by atoms with Gasteiger partial charge < -0.3 is 10.4 Å². The standard InChI is InChI=1S/C19H20F3NO4/c20-19(21,22)16-8-4-7-15(12-16)17(24)13-23-9-10-26-27-18(25)11-14-5-2-1-3-6-14/h1-8,12,17,23-24H,9-11,13H2. The van der Waals surface area contributed by atoms with E-state index < -0.39 is 23.8 Å². The molecule has 0 radical (unpaired) electrons. The molecule has 0 bridgehead atoms. The van der Waals surface area contributed by atoms with Crippen LogP contribution in [0.3, 0.4) is 0 Å². The minimum absolute atomic E-state index is 0.0304. The Morgan fingerprint density at radius 1 is 1.11 bits per heavy atom. The smallest absolute Gasteiger partial charge is 0.387 e. The Hall–Kier alpha value is -2.42. The molecule has 2 aromatic carbocycles. The van der Waals surface area contributed by atoms with Crippen molar-refractivity contribution in [3.05, 3.63) is 71.3 Å². The van der Waals surface area contributed by atoms with Gasteiger partial charge in [0.05, 0.1) is 18.1 Å². The Balaban J connectivity index is 1.63. The molecule has 0 saturated carbocycles. The molecule has 2 aromatic rings. The Morgan fingerprint density at radius 2 is 1.85 bits per heavy atom. The van der Waals surface area contributed by atoms with E-state index in [9.17, 15) is 23.1 Å².